The van der Waals surface area contributed by atoms with Gasteiger partial charge in [-0.2, -0.15) is 0 Å². The third-order valence-electron chi connectivity index (χ3n) is 3.05. The molecular weight excluding hydrogens is 222 g/mol. The fourth-order valence-corrected chi connectivity index (χ4v) is 2.17. The van der Waals surface area contributed by atoms with Gasteiger partial charge in [-0.1, -0.05) is 62.4 Å². The molecule has 0 heterocycles. The van der Waals surface area contributed by atoms with Gasteiger partial charge in [-0.15, -0.1) is 0 Å². The van der Waals surface area contributed by atoms with Crippen molar-refractivity contribution in [2.24, 2.45) is 0 Å². The first kappa shape index (κ1) is 14.5. The molecule has 18 heavy (non-hydrogen) atoms. The minimum absolute atomic E-state index is 0. The summed E-state index contributed by atoms with van der Waals surface area (Å²) in [5.74, 6) is -0.187. The van der Waals surface area contributed by atoms with E-state index in [4.69, 9.17) is 0 Å². The Morgan fingerprint density at radius 3 is 2.17 bits per heavy atom. The number of aryl methyl sites for hydroxylation is 1. The number of rotatable bonds is 2. The highest BCUT2D eigenvalue weighted by molar-refractivity contribution is 6.71. The van der Waals surface area contributed by atoms with Crippen molar-refractivity contribution in [1.82, 2.24) is 0 Å². The van der Waals surface area contributed by atoms with Gasteiger partial charge in [0, 0.05) is 0 Å². The lowest BCUT2D eigenvalue weighted by molar-refractivity contribution is 0.628. The van der Waals surface area contributed by atoms with Crippen LogP contribution >= 0.6 is 0 Å². The summed E-state index contributed by atoms with van der Waals surface area (Å²) >= 11 is 0. The Morgan fingerprint density at radius 2 is 1.61 bits per heavy atom. The van der Waals surface area contributed by atoms with Gasteiger partial charge in [-0.3, -0.25) is 0 Å². The predicted octanol–water partition coefficient (Wildman–Crippen LogP) is 4.40. The SMILES string of the molecule is C.CB(C)c1ccc(-c2cccc(F)c2)cc1C. The Hall–Kier alpha value is -1.57. The highest BCUT2D eigenvalue weighted by Crippen LogP contribution is 2.20. The van der Waals surface area contributed by atoms with E-state index < -0.39 is 0 Å². The van der Waals surface area contributed by atoms with Crippen molar-refractivity contribution in [3.63, 3.8) is 0 Å². The molecule has 0 amide bonds. The molecule has 0 saturated carbocycles. The van der Waals surface area contributed by atoms with Gasteiger partial charge < -0.3 is 0 Å². The largest absolute Gasteiger partial charge is 0.207 e. The number of benzene rings is 2. The normalized spacial score (nSPS) is 9.78. The average molecular weight is 242 g/mol. The lowest BCUT2D eigenvalue weighted by Crippen LogP contribution is -2.25. The van der Waals surface area contributed by atoms with Gasteiger partial charge in [0.05, 0.1) is 0 Å². The molecule has 0 spiro atoms. The molecule has 0 bridgehead atoms. The van der Waals surface area contributed by atoms with E-state index >= 15 is 0 Å². The molecule has 2 aromatic carbocycles. The Kier molecular flexibility index (Phi) is 4.72. The van der Waals surface area contributed by atoms with Crippen LogP contribution in [0.25, 0.3) is 11.1 Å². The van der Waals surface area contributed by atoms with Crippen molar-refractivity contribution < 1.29 is 4.39 Å². The molecule has 0 aliphatic heterocycles. The summed E-state index contributed by atoms with van der Waals surface area (Å²) < 4.78 is 13.2. The molecule has 0 atom stereocenters. The Bertz CT molecular complexity index is 532. The van der Waals surface area contributed by atoms with Crippen molar-refractivity contribution in [3.8, 4) is 11.1 Å². The molecule has 0 aliphatic rings. The second-order valence-electron chi connectivity index (χ2n) is 4.74. The van der Waals surface area contributed by atoms with Crippen LogP contribution in [0.2, 0.25) is 13.6 Å². The van der Waals surface area contributed by atoms with Crippen LogP contribution in [0.4, 0.5) is 4.39 Å². The Morgan fingerprint density at radius 1 is 0.944 bits per heavy atom. The van der Waals surface area contributed by atoms with Crippen LogP contribution in [0.3, 0.4) is 0 Å². The van der Waals surface area contributed by atoms with Gasteiger partial charge in [0.25, 0.3) is 0 Å². The second-order valence-corrected chi connectivity index (χ2v) is 4.74. The van der Waals surface area contributed by atoms with Crippen LogP contribution in [0.5, 0.6) is 0 Å². The van der Waals surface area contributed by atoms with Crippen molar-refractivity contribution in [2.75, 3.05) is 0 Å². The summed E-state index contributed by atoms with van der Waals surface area (Å²) in [6.45, 7) is 7.00. The number of hydrogen-bond donors (Lipinski definition) is 0. The molecular formula is C16H20BF. The van der Waals surface area contributed by atoms with E-state index in [0.717, 1.165) is 11.1 Å². The van der Waals surface area contributed by atoms with Crippen molar-refractivity contribution >= 4 is 12.2 Å². The van der Waals surface area contributed by atoms with Crippen molar-refractivity contribution in [1.29, 1.82) is 0 Å². The Balaban J connectivity index is 0.00000162. The van der Waals surface area contributed by atoms with Crippen molar-refractivity contribution in [3.05, 3.63) is 53.8 Å². The second kappa shape index (κ2) is 5.86. The summed E-state index contributed by atoms with van der Waals surface area (Å²) in [4.78, 5) is 0. The zero-order chi connectivity index (χ0) is 12.4. The third kappa shape index (κ3) is 3.01. The first-order valence-corrected chi connectivity index (χ1v) is 5.94. The maximum atomic E-state index is 13.2. The fourth-order valence-electron chi connectivity index (χ4n) is 2.17. The molecule has 2 heteroatoms. The molecule has 0 radical (unpaired) electrons. The quantitative estimate of drug-likeness (QED) is 0.685. The van der Waals surface area contributed by atoms with Crippen LogP contribution in [0, 0.1) is 12.7 Å². The first-order chi connectivity index (χ1) is 8.08. The van der Waals surface area contributed by atoms with Gasteiger partial charge in [0.15, 0.2) is 6.71 Å². The molecule has 0 fully saturated rings. The van der Waals surface area contributed by atoms with E-state index in [-0.39, 0.29) is 13.2 Å². The zero-order valence-electron chi connectivity index (χ0n) is 10.5. The van der Waals surface area contributed by atoms with Gasteiger partial charge in [-0.05, 0) is 30.2 Å². The molecule has 2 rings (SSSR count). The van der Waals surface area contributed by atoms with E-state index in [9.17, 15) is 4.39 Å². The monoisotopic (exact) mass is 242 g/mol. The average Bonchev–Trinajstić information content (AvgIpc) is 2.28. The first-order valence-electron chi connectivity index (χ1n) is 5.94. The fraction of sp³-hybridized carbons (Fsp3) is 0.250. The third-order valence-corrected chi connectivity index (χ3v) is 3.05. The van der Waals surface area contributed by atoms with E-state index in [1.807, 2.05) is 6.07 Å². The van der Waals surface area contributed by atoms with Crippen LogP contribution in [-0.4, -0.2) is 6.71 Å². The molecule has 2 aromatic rings. The van der Waals surface area contributed by atoms with Gasteiger partial charge in [0.2, 0.25) is 0 Å². The smallest absolute Gasteiger partial charge is 0.169 e. The zero-order valence-corrected chi connectivity index (χ0v) is 10.5. The van der Waals surface area contributed by atoms with E-state index in [2.05, 4.69) is 38.8 Å². The minimum Gasteiger partial charge on any atom is -0.207 e. The lowest BCUT2D eigenvalue weighted by Gasteiger charge is -2.10. The Labute approximate surface area is 110 Å². The van der Waals surface area contributed by atoms with Crippen LogP contribution < -0.4 is 5.46 Å². The highest BCUT2D eigenvalue weighted by atomic mass is 19.1. The molecule has 0 saturated heterocycles. The molecule has 0 aliphatic carbocycles. The van der Waals surface area contributed by atoms with Crippen LogP contribution in [0.1, 0.15) is 13.0 Å². The van der Waals surface area contributed by atoms with Crippen LogP contribution in [0.15, 0.2) is 42.5 Å². The van der Waals surface area contributed by atoms with E-state index in [1.54, 1.807) is 12.1 Å². The molecule has 0 nitrogen and oxygen atoms in total. The standard InChI is InChI=1S/C15H16BF.CH4/c1-11-9-13(7-8-15(11)16(2)3)12-5-4-6-14(17)10-12;/h4-10H,1-3H3;1H4. The van der Waals surface area contributed by atoms with Gasteiger partial charge >= 0.3 is 0 Å². The summed E-state index contributed by atoms with van der Waals surface area (Å²) in [6, 6.07) is 13.1. The minimum atomic E-state index is -0.187. The highest BCUT2D eigenvalue weighted by Gasteiger charge is 2.07. The molecule has 0 aromatic heterocycles. The summed E-state index contributed by atoms with van der Waals surface area (Å²) in [5, 5.41) is 0. The van der Waals surface area contributed by atoms with Crippen LogP contribution in [-0.2, 0) is 0 Å². The summed E-state index contributed by atoms with van der Waals surface area (Å²) in [6.07, 6.45) is 0. The summed E-state index contributed by atoms with van der Waals surface area (Å²) in [7, 11) is 0. The lowest BCUT2D eigenvalue weighted by atomic mass is 9.48. The molecule has 0 unspecified atom stereocenters. The van der Waals surface area contributed by atoms with Crippen molar-refractivity contribution in [2.45, 2.75) is 28.0 Å². The molecule has 0 N–H and O–H groups in total. The molecule has 94 valence electrons. The predicted molar refractivity (Wildman–Crippen MR) is 80.4 cm³/mol. The summed E-state index contributed by atoms with van der Waals surface area (Å²) in [5.41, 5.74) is 4.63. The topological polar surface area (TPSA) is 0 Å². The number of hydrogen-bond acceptors (Lipinski definition) is 0. The van der Waals surface area contributed by atoms with E-state index in [1.165, 1.54) is 17.1 Å². The van der Waals surface area contributed by atoms with E-state index in [0.29, 0.717) is 6.71 Å². The maximum Gasteiger partial charge on any atom is 0.169 e. The van der Waals surface area contributed by atoms with Gasteiger partial charge in [-0.25, -0.2) is 4.39 Å². The van der Waals surface area contributed by atoms with Gasteiger partial charge in [0.1, 0.15) is 5.82 Å². The number of halogens is 1. The maximum absolute atomic E-state index is 13.2.